The van der Waals surface area contributed by atoms with Gasteiger partial charge in [-0.1, -0.05) is 24.3 Å². The Morgan fingerprint density at radius 1 is 1.07 bits per heavy atom. The smallest absolute Gasteiger partial charge is 0.344 e. The van der Waals surface area contributed by atoms with Crippen LogP contribution in [0, 0.1) is 13.8 Å². The molecule has 0 atom stereocenters. The minimum absolute atomic E-state index is 0.00581. The van der Waals surface area contributed by atoms with E-state index in [0.29, 0.717) is 5.56 Å². The van der Waals surface area contributed by atoms with Gasteiger partial charge in [0, 0.05) is 0 Å². The predicted octanol–water partition coefficient (Wildman–Crippen LogP) is 3.21. The molecule has 0 radical (unpaired) electrons. The molecule has 0 heterocycles. The third-order valence-electron chi connectivity index (χ3n) is 3.71. The fourth-order valence-electron chi connectivity index (χ4n) is 2.45. The first-order valence-corrected chi connectivity index (χ1v) is 10.1. The van der Waals surface area contributed by atoms with Crippen molar-refractivity contribution in [2.24, 2.45) is 0 Å². The second-order valence-corrected chi connectivity index (χ2v) is 8.19. The Hall–Kier alpha value is -2.87. The number of benzene rings is 2. The van der Waals surface area contributed by atoms with Crippen molar-refractivity contribution >= 4 is 27.6 Å². The van der Waals surface area contributed by atoms with Crippen LogP contribution in [-0.2, 0) is 24.3 Å². The Balaban J connectivity index is 2.23. The number of carbonyl (C=O) groups excluding carboxylic acids is 2. The van der Waals surface area contributed by atoms with Crippen molar-refractivity contribution in [2.45, 2.75) is 38.7 Å². The number of sulfonamides is 1. The standard InChI is InChI=1S/C20H23NO6S/c1-13(2)27-19(22)12-26-20(23)16-7-5-6-8-17(16)21-28(24,25)18-11-14(3)9-10-15(18)4/h5-11,13,21H,12H2,1-4H3. The average Bonchev–Trinajstić information content (AvgIpc) is 2.61. The van der Waals surface area contributed by atoms with E-state index in [-0.39, 0.29) is 22.3 Å². The molecule has 1 N–H and O–H groups in total. The number of para-hydroxylation sites is 1. The van der Waals surface area contributed by atoms with Crippen molar-refractivity contribution < 1.29 is 27.5 Å². The zero-order valence-corrected chi connectivity index (χ0v) is 17.0. The summed E-state index contributed by atoms with van der Waals surface area (Å²) >= 11 is 0. The van der Waals surface area contributed by atoms with Gasteiger partial charge in [-0.15, -0.1) is 0 Å². The molecule has 28 heavy (non-hydrogen) atoms. The fourth-order valence-corrected chi connectivity index (χ4v) is 3.86. The van der Waals surface area contributed by atoms with Gasteiger partial charge in [-0.05, 0) is 57.0 Å². The summed E-state index contributed by atoms with van der Waals surface area (Å²) in [5.74, 6) is -1.52. The topological polar surface area (TPSA) is 98.8 Å². The molecule has 0 bridgehead atoms. The molecule has 0 fully saturated rings. The number of nitrogens with one attached hydrogen (secondary N) is 1. The van der Waals surface area contributed by atoms with Gasteiger partial charge in [-0.3, -0.25) is 4.72 Å². The lowest BCUT2D eigenvalue weighted by atomic mass is 10.2. The van der Waals surface area contributed by atoms with Crippen LogP contribution in [-0.4, -0.2) is 33.1 Å². The van der Waals surface area contributed by atoms with Crippen molar-refractivity contribution in [3.63, 3.8) is 0 Å². The molecule has 0 unspecified atom stereocenters. The number of carbonyl (C=O) groups is 2. The van der Waals surface area contributed by atoms with Crippen molar-refractivity contribution in [3.05, 3.63) is 59.2 Å². The normalized spacial score (nSPS) is 11.2. The van der Waals surface area contributed by atoms with Gasteiger partial charge in [0.1, 0.15) is 0 Å². The van der Waals surface area contributed by atoms with Crippen molar-refractivity contribution in [2.75, 3.05) is 11.3 Å². The van der Waals surface area contributed by atoms with E-state index < -0.39 is 28.6 Å². The summed E-state index contributed by atoms with van der Waals surface area (Å²) in [6, 6.07) is 11.1. The number of rotatable bonds is 7. The van der Waals surface area contributed by atoms with Crippen LogP contribution in [0.2, 0.25) is 0 Å². The molecule has 2 aromatic carbocycles. The Labute approximate surface area is 164 Å². The van der Waals surface area contributed by atoms with Crippen molar-refractivity contribution in [3.8, 4) is 0 Å². The number of hydrogen-bond donors (Lipinski definition) is 1. The molecule has 2 aromatic rings. The zero-order chi connectivity index (χ0) is 20.9. The number of esters is 2. The lowest BCUT2D eigenvalue weighted by Crippen LogP contribution is -2.21. The van der Waals surface area contributed by atoms with Crippen LogP contribution in [0.1, 0.15) is 35.3 Å². The summed E-state index contributed by atoms with van der Waals surface area (Å²) in [5.41, 5.74) is 1.43. The van der Waals surface area contributed by atoms with Crippen LogP contribution >= 0.6 is 0 Å². The Morgan fingerprint density at radius 3 is 2.43 bits per heavy atom. The second kappa shape index (κ2) is 8.88. The zero-order valence-electron chi connectivity index (χ0n) is 16.2. The fraction of sp³-hybridized carbons (Fsp3) is 0.300. The predicted molar refractivity (Wildman–Crippen MR) is 105 cm³/mol. The lowest BCUT2D eigenvalue weighted by molar-refractivity contribution is -0.150. The largest absolute Gasteiger partial charge is 0.460 e. The molecule has 0 saturated heterocycles. The first-order valence-electron chi connectivity index (χ1n) is 8.66. The van der Waals surface area contributed by atoms with E-state index in [1.54, 1.807) is 52.0 Å². The summed E-state index contributed by atoms with van der Waals surface area (Å²) in [6.45, 7) is 6.28. The number of anilines is 1. The molecule has 0 spiro atoms. The summed E-state index contributed by atoms with van der Waals surface area (Å²) in [7, 11) is -3.92. The highest BCUT2D eigenvalue weighted by Crippen LogP contribution is 2.23. The summed E-state index contributed by atoms with van der Waals surface area (Å²) in [5, 5.41) is 0. The van der Waals surface area contributed by atoms with E-state index in [1.807, 2.05) is 6.07 Å². The molecular formula is C20H23NO6S. The van der Waals surface area contributed by atoms with Crippen molar-refractivity contribution in [1.82, 2.24) is 0 Å². The van der Waals surface area contributed by atoms with E-state index in [0.717, 1.165) is 5.56 Å². The molecule has 0 aliphatic carbocycles. The number of ether oxygens (including phenoxy) is 2. The van der Waals surface area contributed by atoms with Gasteiger partial charge < -0.3 is 9.47 Å². The number of hydrogen-bond acceptors (Lipinski definition) is 6. The minimum atomic E-state index is -3.92. The molecule has 0 amide bonds. The monoisotopic (exact) mass is 405 g/mol. The van der Waals surface area contributed by atoms with Gasteiger partial charge >= 0.3 is 11.9 Å². The SMILES string of the molecule is Cc1ccc(C)c(S(=O)(=O)Nc2ccccc2C(=O)OCC(=O)OC(C)C)c1. The van der Waals surface area contributed by atoms with Crippen LogP contribution < -0.4 is 4.72 Å². The molecule has 0 aliphatic rings. The van der Waals surface area contributed by atoms with Crippen LogP contribution in [0.25, 0.3) is 0 Å². The van der Waals surface area contributed by atoms with Crippen molar-refractivity contribution in [1.29, 1.82) is 0 Å². The summed E-state index contributed by atoms with van der Waals surface area (Å²) < 4.78 is 37.9. The summed E-state index contributed by atoms with van der Waals surface area (Å²) in [4.78, 5) is 24.0. The quantitative estimate of drug-likeness (QED) is 0.710. The van der Waals surface area contributed by atoms with Crippen LogP contribution in [0.5, 0.6) is 0 Å². The Bertz CT molecular complexity index is 982. The molecule has 8 heteroatoms. The van der Waals surface area contributed by atoms with Gasteiger partial charge in [-0.25, -0.2) is 18.0 Å². The third kappa shape index (κ3) is 5.56. The maximum atomic E-state index is 12.8. The van der Waals surface area contributed by atoms with E-state index in [1.165, 1.54) is 12.1 Å². The highest BCUT2D eigenvalue weighted by atomic mass is 32.2. The van der Waals surface area contributed by atoms with E-state index in [4.69, 9.17) is 9.47 Å². The molecule has 2 rings (SSSR count). The van der Waals surface area contributed by atoms with E-state index in [2.05, 4.69) is 4.72 Å². The first-order chi connectivity index (χ1) is 13.1. The second-order valence-electron chi connectivity index (χ2n) is 6.53. The Morgan fingerprint density at radius 2 is 1.75 bits per heavy atom. The van der Waals surface area contributed by atoms with Crippen LogP contribution in [0.4, 0.5) is 5.69 Å². The average molecular weight is 405 g/mol. The van der Waals surface area contributed by atoms with Gasteiger partial charge in [-0.2, -0.15) is 0 Å². The maximum Gasteiger partial charge on any atom is 0.344 e. The first kappa shape index (κ1) is 21.4. The molecular weight excluding hydrogens is 382 g/mol. The molecule has 0 saturated carbocycles. The minimum Gasteiger partial charge on any atom is -0.460 e. The van der Waals surface area contributed by atoms with Crippen LogP contribution in [0.15, 0.2) is 47.4 Å². The molecule has 0 aliphatic heterocycles. The van der Waals surface area contributed by atoms with E-state index in [9.17, 15) is 18.0 Å². The third-order valence-corrected chi connectivity index (χ3v) is 5.22. The van der Waals surface area contributed by atoms with Gasteiger partial charge in [0.15, 0.2) is 6.61 Å². The van der Waals surface area contributed by atoms with Gasteiger partial charge in [0.25, 0.3) is 10.0 Å². The molecule has 7 nitrogen and oxygen atoms in total. The van der Waals surface area contributed by atoms with E-state index >= 15 is 0 Å². The lowest BCUT2D eigenvalue weighted by Gasteiger charge is -2.14. The maximum absolute atomic E-state index is 12.8. The van der Waals surface area contributed by atoms with Crippen LogP contribution in [0.3, 0.4) is 0 Å². The number of aryl methyl sites for hydroxylation is 2. The van der Waals surface area contributed by atoms with Gasteiger partial charge in [0.05, 0.1) is 22.3 Å². The highest BCUT2D eigenvalue weighted by Gasteiger charge is 2.21. The molecule has 150 valence electrons. The highest BCUT2D eigenvalue weighted by molar-refractivity contribution is 7.92. The molecule has 0 aromatic heterocycles. The summed E-state index contributed by atoms with van der Waals surface area (Å²) in [6.07, 6.45) is -0.331. The Kier molecular flexibility index (Phi) is 6.80. The van der Waals surface area contributed by atoms with Gasteiger partial charge in [0.2, 0.25) is 0 Å².